The van der Waals surface area contributed by atoms with E-state index in [0.29, 0.717) is 12.2 Å². The van der Waals surface area contributed by atoms with Gasteiger partial charge in [0.15, 0.2) is 0 Å². The maximum Gasteiger partial charge on any atom is 0.119 e. The number of aryl methyl sites for hydroxylation is 2. The first-order valence-corrected chi connectivity index (χ1v) is 4.91. The van der Waals surface area contributed by atoms with E-state index in [0.717, 1.165) is 17.0 Å². The maximum atomic E-state index is 9.69. The molecule has 1 heterocycles. The smallest absolute Gasteiger partial charge is 0.119 e. The number of rotatable bonds is 2. The summed E-state index contributed by atoms with van der Waals surface area (Å²) in [5.74, 6) is 1.29. The molecule has 1 aromatic carbocycles. The minimum atomic E-state index is 0.337. The lowest BCUT2D eigenvalue weighted by Gasteiger charge is -2.05. The predicted octanol–water partition coefficient (Wildman–Crippen LogP) is 2.02. The largest absolute Gasteiger partial charge is 0.508 e. The summed E-state index contributed by atoms with van der Waals surface area (Å²) in [6.07, 6.45) is 4.33. The highest BCUT2D eigenvalue weighted by molar-refractivity contribution is 5.37. The molecule has 3 nitrogen and oxygen atoms in total. The normalized spacial score (nSPS) is 10.5. The molecule has 0 fully saturated rings. The number of benzene rings is 1. The summed E-state index contributed by atoms with van der Waals surface area (Å²) in [6.45, 7) is 2.02. The minimum Gasteiger partial charge on any atom is -0.508 e. The van der Waals surface area contributed by atoms with Crippen LogP contribution in [0.1, 0.15) is 17.0 Å². The zero-order valence-corrected chi connectivity index (χ0v) is 8.94. The Morgan fingerprint density at radius 3 is 2.87 bits per heavy atom. The number of aromatic hydroxyl groups is 1. The van der Waals surface area contributed by atoms with E-state index in [9.17, 15) is 5.11 Å². The summed E-state index contributed by atoms with van der Waals surface area (Å²) in [5, 5.41) is 9.69. The molecule has 0 aliphatic heterocycles. The van der Waals surface area contributed by atoms with Gasteiger partial charge in [0, 0.05) is 31.4 Å². The fourth-order valence-corrected chi connectivity index (χ4v) is 1.59. The van der Waals surface area contributed by atoms with Crippen LogP contribution in [0, 0.1) is 6.92 Å². The molecular weight excluding hydrogens is 188 g/mol. The number of phenols is 1. The van der Waals surface area contributed by atoms with Crippen LogP contribution >= 0.6 is 0 Å². The number of hydrogen-bond donors (Lipinski definition) is 1. The summed E-state index contributed by atoms with van der Waals surface area (Å²) >= 11 is 0. The van der Waals surface area contributed by atoms with Crippen molar-refractivity contribution in [3.05, 3.63) is 47.5 Å². The van der Waals surface area contributed by atoms with Crippen LogP contribution in [0.25, 0.3) is 0 Å². The number of aromatic nitrogens is 2. The Balaban J connectivity index is 2.32. The van der Waals surface area contributed by atoms with Crippen molar-refractivity contribution < 1.29 is 5.11 Å². The van der Waals surface area contributed by atoms with E-state index in [-0.39, 0.29) is 0 Å². The van der Waals surface area contributed by atoms with Gasteiger partial charge in [-0.2, -0.15) is 0 Å². The van der Waals surface area contributed by atoms with E-state index >= 15 is 0 Å². The highest BCUT2D eigenvalue weighted by Gasteiger charge is 2.05. The van der Waals surface area contributed by atoms with Gasteiger partial charge in [0.05, 0.1) is 0 Å². The van der Waals surface area contributed by atoms with Crippen LogP contribution in [-0.2, 0) is 13.5 Å². The molecule has 0 atom stereocenters. The van der Waals surface area contributed by atoms with Gasteiger partial charge in [-0.05, 0) is 13.0 Å². The third-order valence-electron chi connectivity index (χ3n) is 2.50. The van der Waals surface area contributed by atoms with Crippen LogP contribution in [0.4, 0.5) is 0 Å². The number of imidazole rings is 1. The number of phenolic OH excluding ortho intramolecular Hbond substituents is 1. The van der Waals surface area contributed by atoms with Crippen molar-refractivity contribution in [2.45, 2.75) is 13.3 Å². The van der Waals surface area contributed by atoms with E-state index in [1.165, 1.54) is 0 Å². The Bertz CT molecular complexity index is 474. The molecule has 2 rings (SSSR count). The molecule has 0 bridgehead atoms. The van der Waals surface area contributed by atoms with Gasteiger partial charge in [-0.25, -0.2) is 4.98 Å². The molecule has 0 amide bonds. The molecule has 0 saturated heterocycles. The van der Waals surface area contributed by atoms with Gasteiger partial charge in [0.25, 0.3) is 0 Å². The monoisotopic (exact) mass is 202 g/mol. The molecular formula is C12H14N2O. The summed E-state index contributed by atoms with van der Waals surface area (Å²) < 4.78 is 1.96. The average molecular weight is 202 g/mol. The quantitative estimate of drug-likeness (QED) is 0.809. The lowest BCUT2D eigenvalue weighted by Crippen LogP contribution is -1.98. The van der Waals surface area contributed by atoms with Gasteiger partial charge in [-0.3, -0.25) is 0 Å². The van der Waals surface area contributed by atoms with Crippen molar-refractivity contribution in [3.8, 4) is 5.75 Å². The highest BCUT2D eigenvalue weighted by Crippen LogP contribution is 2.20. The number of hydrogen-bond acceptors (Lipinski definition) is 2. The summed E-state index contributed by atoms with van der Waals surface area (Å²) in [4.78, 5) is 4.23. The molecule has 78 valence electrons. The second-order valence-corrected chi connectivity index (χ2v) is 3.76. The Morgan fingerprint density at radius 2 is 2.20 bits per heavy atom. The Morgan fingerprint density at radius 1 is 1.40 bits per heavy atom. The molecule has 1 N–H and O–H groups in total. The zero-order chi connectivity index (χ0) is 10.8. The predicted molar refractivity (Wildman–Crippen MR) is 58.9 cm³/mol. The second-order valence-electron chi connectivity index (χ2n) is 3.76. The Hall–Kier alpha value is -1.77. The highest BCUT2D eigenvalue weighted by atomic mass is 16.3. The Kier molecular flexibility index (Phi) is 2.46. The summed E-state index contributed by atoms with van der Waals surface area (Å²) in [6, 6.07) is 5.62. The van der Waals surface area contributed by atoms with Crippen LogP contribution in [-0.4, -0.2) is 14.7 Å². The summed E-state index contributed by atoms with van der Waals surface area (Å²) in [5.41, 5.74) is 2.07. The molecule has 15 heavy (non-hydrogen) atoms. The van der Waals surface area contributed by atoms with E-state index in [1.807, 2.05) is 36.9 Å². The Labute approximate surface area is 89.0 Å². The lowest BCUT2D eigenvalue weighted by molar-refractivity contribution is 0.468. The molecule has 2 aromatic rings. The van der Waals surface area contributed by atoms with Crippen LogP contribution in [0.15, 0.2) is 30.6 Å². The SMILES string of the molecule is Cc1ccc(O)c(Cc2nccn2C)c1. The standard InChI is InChI=1S/C12H14N2O/c1-9-3-4-11(15)10(7-9)8-12-13-5-6-14(12)2/h3-7,15H,8H2,1-2H3. The third kappa shape index (κ3) is 2.01. The van der Waals surface area contributed by atoms with Crippen molar-refractivity contribution in [1.82, 2.24) is 9.55 Å². The lowest BCUT2D eigenvalue weighted by atomic mass is 10.1. The van der Waals surface area contributed by atoms with Crippen LogP contribution in [0.5, 0.6) is 5.75 Å². The van der Waals surface area contributed by atoms with E-state index in [4.69, 9.17) is 0 Å². The molecule has 0 aliphatic rings. The second kappa shape index (κ2) is 3.77. The van der Waals surface area contributed by atoms with Gasteiger partial charge in [0.1, 0.15) is 11.6 Å². The van der Waals surface area contributed by atoms with Gasteiger partial charge in [0.2, 0.25) is 0 Å². The fourth-order valence-electron chi connectivity index (χ4n) is 1.59. The van der Waals surface area contributed by atoms with E-state index < -0.39 is 0 Å². The third-order valence-corrected chi connectivity index (χ3v) is 2.50. The molecule has 0 radical (unpaired) electrons. The van der Waals surface area contributed by atoms with Gasteiger partial charge in [-0.1, -0.05) is 17.7 Å². The first kappa shape index (κ1) is 9.77. The van der Waals surface area contributed by atoms with Gasteiger partial charge < -0.3 is 9.67 Å². The van der Waals surface area contributed by atoms with Gasteiger partial charge >= 0.3 is 0 Å². The maximum absolute atomic E-state index is 9.69. The topological polar surface area (TPSA) is 38.1 Å². The van der Waals surface area contributed by atoms with Crippen LogP contribution in [0.3, 0.4) is 0 Å². The molecule has 0 aliphatic carbocycles. The van der Waals surface area contributed by atoms with Gasteiger partial charge in [-0.15, -0.1) is 0 Å². The van der Waals surface area contributed by atoms with Crippen molar-refractivity contribution >= 4 is 0 Å². The van der Waals surface area contributed by atoms with E-state index in [2.05, 4.69) is 4.98 Å². The van der Waals surface area contributed by atoms with Crippen molar-refractivity contribution in [3.63, 3.8) is 0 Å². The fraction of sp³-hybridized carbons (Fsp3) is 0.250. The molecule has 3 heteroatoms. The zero-order valence-electron chi connectivity index (χ0n) is 8.94. The molecule has 0 saturated carbocycles. The van der Waals surface area contributed by atoms with Crippen LogP contribution in [0.2, 0.25) is 0 Å². The molecule has 1 aromatic heterocycles. The van der Waals surface area contributed by atoms with Crippen LogP contribution < -0.4 is 0 Å². The average Bonchev–Trinajstić information content (AvgIpc) is 2.58. The summed E-state index contributed by atoms with van der Waals surface area (Å²) in [7, 11) is 1.95. The van der Waals surface area contributed by atoms with Crippen molar-refractivity contribution in [2.24, 2.45) is 7.05 Å². The van der Waals surface area contributed by atoms with Crippen molar-refractivity contribution in [1.29, 1.82) is 0 Å². The first-order chi connectivity index (χ1) is 7.16. The van der Waals surface area contributed by atoms with E-state index in [1.54, 1.807) is 12.3 Å². The number of nitrogens with zero attached hydrogens (tertiary/aromatic N) is 2. The molecule has 0 spiro atoms. The first-order valence-electron chi connectivity index (χ1n) is 4.91. The molecule has 0 unspecified atom stereocenters. The minimum absolute atomic E-state index is 0.337. The van der Waals surface area contributed by atoms with Crippen molar-refractivity contribution in [2.75, 3.05) is 0 Å².